The maximum atomic E-state index is 13.4. The van der Waals surface area contributed by atoms with Gasteiger partial charge in [-0.2, -0.15) is 0 Å². The smallest absolute Gasteiger partial charge is 0.410 e. The highest BCUT2D eigenvalue weighted by Crippen LogP contribution is 2.44. The van der Waals surface area contributed by atoms with Gasteiger partial charge >= 0.3 is 12.1 Å². The first kappa shape index (κ1) is 24.8. The largest absolute Gasteiger partial charge is 0.479 e. The summed E-state index contributed by atoms with van der Waals surface area (Å²) in [5.41, 5.74) is 8.96. The summed E-state index contributed by atoms with van der Waals surface area (Å²) in [6, 6.07) is 16.3. The van der Waals surface area contributed by atoms with Gasteiger partial charge in [-0.3, -0.25) is 4.90 Å². The summed E-state index contributed by atoms with van der Waals surface area (Å²) < 4.78 is 5.86. The number of fused-ring (bicyclic) bond motifs is 3. The Bertz CT molecular complexity index is 915. The fraction of sp³-hybridized carbons (Fsp3) is 0.481. The number of benzene rings is 2. The first-order valence-electron chi connectivity index (χ1n) is 12.1. The van der Waals surface area contributed by atoms with Gasteiger partial charge in [0.1, 0.15) is 12.1 Å². The molecule has 0 saturated heterocycles. The van der Waals surface area contributed by atoms with Crippen molar-refractivity contribution in [3.05, 3.63) is 59.7 Å². The quantitative estimate of drug-likeness (QED) is 0.421. The molecule has 0 bridgehead atoms. The fourth-order valence-corrected chi connectivity index (χ4v) is 5.08. The van der Waals surface area contributed by atoms with Gasteiger partial charge in [0, 0.05) is 12.5 Å². The van der Waals surface area contributed by atoms with Crippen LogP contribution in [0.2, 0.25) is 0 Å². The molecule has 6 heteroatoms. The van der Waals surface area contributed by atoms with E-state index in [1.165, 1.54) is 4.90 Å². The number of hydrogen-bond donors (Lipinski definition) is 2. The van der Waals surface area contributed by atoms with Crippen LogP contribution in [0.5, 0.6) is 0 Å². The zero-order valence-corrected chi connectivity index (χ0v) is 19.8. The van der Waals surface area contributed by atoms with Gasteiger partial charge in [0.05, 0.1) is 0 Å². The molecule has 3 N–H and O–H groups in total. The van der Waals surface area contributed by atoms with Crippen LogP contribution in [0.15, 0.2) is 48.5 Å². The first-order chi connectivity index (χ1) is 16.0. The Morgan fingerprint density at radius 3 is 2.09 bits per heavy atom. The number of aliphatic carboxylic acids is 1. The lowest BCUT2D eigenvalue weighted by Crippen LogP contribution is -2.57. The molecule has 2 aromatic carbocycles. The van der Waals surface area contributed by atoms with E-state index in [0.29, 0.717) is 45.2 Å². The summed E-state index contributed by atoms with van der Waals surface area (Å²) in [6.45, 7) is 4.91. The van der Waals surface area contributed by atoms with Crippen LogP contribution in [-0.2, 0) is 9.53 Å². The second kappa shape index (κ2) is 11.3. The predicted octanol–water partition coefficient (Wildman–Crippen LogP) is 5.40. The molecule has 6 nitrogen and oxygen atoms in total. The van der Waals surface area contributed by atoms with Crippen molar-refractivity contribution in [3.63, 3.8) is 0 Å². The summed E-state index contributed by atoms with van der Waals surface area (Å²) in [4.78, 5) is 27.4. The van der Waals surface area contributed by atoms with Crippen molar-refractivity contribution in [3.8, 4) is 11.1 Å². The number of amides is 1. The molecule has 1 amide bonds. The normalized spacial score (nSPS) is 14.3. The Labute approximate surface area is 196 Å². The van der Waals surface area contributed by atoms with Crippen LogP contribution in [0, 0.1) is 0 Å². The number of nitrogens with zero attached hydrogens (tertiary/aromatic N) is 1. The minimum Gasteiger partial charge on any atom is -0.479 e. The Kier molecular flexibility index (Phi) is 8.50. The highest BCUT2D eigenvalue weighted by Gasteiger charge is 2.46. The molecular weight excluding hydrogens is 416 g/mol. The van der Waals surface area contributed by atoms with Crippen LogP contribution >= 0.6 is 0 Å². The Hall–Kier alpha value is -2.86. The van der Waals surface area contributed by atoms with Crippen LogP contribution in [0.4, 0.5) is 4.79 Å². The first-order valence-corrected chi connectivity index (χ1v) is 12.1. The van der Waals surface area contributed by atoms with Crippen LogP contribution in [-0.4, -0.2) is 47.3 Å². The molecule has 0 heterocycles. The minimum atomic E-state index is -1.28. The van der Waals surface area contributed by atoms with E-state index in [0.717, 1.165) is 28.7 Å². The molecule has 1 aliphatic carbocycles. The fourth-order valence-electron chi connectivity index (χ4n) is 5.08. The maximum absolute atomic E-state index is 13.4. The average molecular weight is 453 g/mol. The van der Waals surface area contributed by atoms with Crippen LogP contribution in [0.25, 0.3) is 11.1 Å². The van der Waals surface area contributed by atoms with Gasteiger partial charge in [-0.05, 0) is 60.9 Å². The molecule has 0 aromatic heterocycles. The number of unbranched alkanes of at least 4 members (excludes halogenated alkanes) is 1. The van der Waals surface area contributed by atoms with Gasteiger partial charge in [0.25, 0.3) is 0 Å². The topological polar surface area (TPSA) is 92.9 Å². The van der Waals surface area contributed by atoms with Gasteiger partial charge < -0.3 is 15.6 Å². The number of carbonyl (C=O) groups is 2. The molecule has 0 fully saturated rings. The van der Waals surface area contributed by atoms with E-state index in [-0.39, 0.29) is 12.5 Å². The third-order valence-corrected chi connectivity index (χ3v) is 6.63. The van der Waals surface area contributed by atoms with E-state index in [1.807, 2.05) is 38.1 Å². The van der Waals surface area contributed by atoms with Gasteiger partial charge in [-0.25, -0.2) is 9.59 Å². The summed E-state index contributed by atoms with van der Waals surface area (Å²) in [5, 5.41) is 10.3. The third kappa shape index (κ3) is 5.06. The number of ether oxygens (including phenoxy) is 1. The second-order valence-corrected chi connectivity index (χ2v) is 8.79. The zero-order chi connectivity index (χ0) is 23.8. The molecule has 178 valence electrons. The van der Waals surface area contributed by atoms with Crippen molar-refractivity contribution in [2.24, 2.45) is 5.73 Å². The molecule has 0 radical (unpaired) electrons. The van der Waals surface area contributed by atoms with Crippen molar-refractivity contribution in [2.75, 3.05) is 19.7 Å². The monoisotopic (exact) mass is 452 g/mol. The maximum Gasteiger partial charge on any atom is 0.410 e. The molecule has 1 atom stereocenters. The minimum absolute atomic E-state index is 0.0625. The molecule has 0 aliphatic heterocycles. The summed E-state index contributed by atoms with van der Waals surface area (Å²) >= 11 is 0. The standard InChI is InChI=1S/C27H36N2O4/c1-3-15-27(25(30)31,16-9-10-17-28)29(18-4-2)26(32)33-19-24-22-13-7-5-11-20(22)21-12-6-8-14-23(21)24/h5-8,11-14,24H,3-4,9-10,15-19,28H2,1-2H3,(H,30,31). The van der Waals surface area contributed by atoms with Gasteiger partial charge in [0.2, 0.25) is 0 Å². The highest BCUT2D eigenvalue weighted by atomic mass is 16.6. The van der Waals surface area contributed by atoms with Gasteiger partial charge in [-0.1, -0.05) is 68.8 Å². The summed E-state index contributed by atoms with van der Waals surface area (Å²) in [5.74, 6) is -1.03. The lowest BCUT2D eigenvalue weighted by Gasteiger charge is -2.40. The molecule has 3 rings (SSSR count). The lowest BCUT2D eigenvalue weighted by molar-refractivity contribution is -0.152. The predicted molar refractivity (Wildman–Crippen MR) is 130 cm³/mol. The Morgan fingerprint density at radius 1 is 0.970 bits per heavy atom. The second-order valence-electron chi connectivity index (χ2n) is 8.79. The van der Waals surface area contributed by atoms with Gasteiger partial charge in [-0.15, -0.1) is 0 Å². The Balaban J connectivity index is 1.84. The molecular formula is C27H36N2O4. The highest BCUT2D eigenvalue weighted by molar-refractivity contribution is 5.85. The average Bonchev–Trinajstić information content (AvgIpc) is 3.14. The van der Waals surface area contributed by atoms with Crippen molar-refractivity contribution in [1.82, 2.24) is 4.90 Å². The Morgan fingerprint density at radius 2 is 1.58 bits per heavy atom. The van der Waals surface area contributed by atoms with E-state index >= 15 is 0 Å². The van der Waals surface area contributed by atoms with Crippen molar-refractivity contribution >= 4 is 12.1 Å². The molecule has 1 aliphatic rings. The van der Waals surface area contributed by atoms with E-state index in [1.54, 1.807) is 0 Å². The molecule has 0 saturated carbocycles. The lowest BCUT2D eigenvalue weighted by atomic mass is 9.85. The SMILES string of the molecule is CCCN(C(=O)OCC1c2ccccc2-c2ccccc21)C(CCC)(CCCCN)C(=O)O. The van der Waals surface area contributed by atoms with E-state index in [4.69, 9.17) is 10.5 Å². The molecule has 1 unspecified atom stereocenters. The zero-order valence-electron chi connectivity index (χ0n) is 19.8. The van der Waals surface area contributed by atoms with E-state index in [9.17, 15) is 14.7 Å². The number of hydrogen-bond acceptors (Lipinski definition) is 4. The summed E-state index contributed by atoms with van der Waals surface area (Å²) in [6.07, 6.45) is 2.89. The van der Waals surface area contributed by atoms with Crippen LogP contribution in [0.3, 0.4) is 0 Å². The van der Waals surface area contributed by atoms with Crippen LogP contribution < -0.4 is 5.73 Å². The molecule has 33 heavy (non-hydrogen) atoms. The van der Waals surface area contributed by atoms with E-state index < -0.39 is 17.6 Å². The number of rotatable bonds is 12. The number of carbonyl (C=O) groups excluding carboxylic acids is 1. The third-order valence-electron chi connectivity index (χ3n) is 6.63. The van der Waals surface area contributed by atoms with Crippen LogP contribution in [0.1, 0.15) is 69.4 Å². The van der Waals surface area contributed by atoms with Crippen molar-refractivity contribution in [1.29, 1.82) is 0 Å². The molecule has 0 spiro atoms. The van der Waals surface area contributed by atoms with E-state index in [2.05, 4.69) is 24.3 Å². The van der Waals surface area contributed by atoms with Crippen molar-refractivity contribution in [2.45, 2.75) is 63.8 Å². The number of carboxylic acid groups (broad SMARTS) is 1. The number of carboxylic acids is 1. The van der Waals surface area contributed by atoms with Crippen molar-refractivity contribution < 1.29 is 19.4 Å². The van der Waals surface area contributed by atoms with Gasteiger partial charge in [0.15, 0.2) is 0 Å². The molecule has 2 aromatic rings. The number of nitrogens with two attached hydrogens (primary N) is 1. The summed E-state index contributed by atoms with van der Waals surface area (Å²) in [7, 11) is 0.